The normalized spacial score (nSPS) is 14.0. The summed E-state index contributed by atoms with van der Waals surface area (Å²) in [6.45, 7) is 8.17. The zero-order chi connectivity index (χ0) is 11.2. The van der Waals surface area contributed by atoms with Crippen LogP contribution >= 0.6 is 0 Å². The number of aliphatic carboxylic acids is 1. The maximum atomic E-state index is 10.8. The number of carboxylic acid groups (broad SMARTS) is 1. The van der Waals surface area contributed by atoms with Crippen LogP contribution in [0.25, 0.3) is 0 Å². The molecule has 0 amide bonds. The molecule has 1 N–H and O–H groups in total. The van der Waals surface area contributed by atoms with Gasteiger partial charge in [-0.1, -0.05) is 26.7 Å². The molecule has 0 aliphatic carbocycles. The third kappa shape index (κ3) is 5.39. The first-order valence-electron chi connectivity index (χ1n) is 5.33. The summed E-state index contributed by atoms with van der Waals surface area (Å²) in [5, 5.41) is 8.86. The Morgan fingerprint density at radius 2 is 2.00 bits per heavy atom. The Kier molecular flexibility index (Phi) is 6.03. The lowest BCUT2D eigenvalue weighted by molar-refractivity contribution is -0.145. The van der Waals surface area contributed by atoms with Crippen molar-refractivity contribution in [3.63, 3.8) is 0 Å². The Balaban J connectivity index is 4.10. The maximum absolute atomic E-state index is 10.8. The van der Waals surface area contributed by atoms with Gasteiger partial charge in [0.25, 0.3) is 0 Å². The lowest BCUT2D eigenvalue weighted by Crippen LogP contribution is -2.38. The Morgan fingerprint density at radius 1 is 1.43 bits per heavy atom. The number of carbonyl (C=O) groups is 1. The molecule has 0 bridgehead atoms. The molecule has 1 atom stereocenters. The molecule has 0 spiro atoms. The lowest BCUT2D eigenvalue weighted by Gasteiger charge is -2.26. The highest BCUT2D eigenvalue weighted by Gasteiger charge is 2.28. The molecule has 0 aromatic carbocycles. The van der Waals surface area contributed by atoms with Crippen LogP contribution in [0.2, 0.25) is 19.1 Å². The van der Waals surface area contributed by atoms with Gasteiger partial charge in [0.1, 0.15) is 6.10 Å². The van der Waals surface area contributed by atoms with Gasteiger partial charge in [0.15, 0.2) is 8.32 Å². The van der Waals surface area contributed by atoms with Crippen LogP contribution in [0, 0.1) is 0 Å². The van der Waals surface area contributed by atoms with Gasteiger partial charge < -0.3 is 9.53 Å². The van der Waals surface area contributed by atoms with E-state index in [4.69, 9.17) is 9.53 Å². The quantitative estimate of drug-likeness (QED) is 0.668. The molecule has 0 fully saturated rings. The van der Waals surface area contributed by atoms with Gasteiger partial charge in [-0.3, -0.25) is 0 Å². The highest BCUT2D eigenvalue weighted by atomic mass is 28.4. The Hall–Kier alpha value is -0.353. The number of hydrogen-bond donors (Lipinski definition) is 1. The zero-order valence-corrected chi connectivity index (χ0v) is 10.7. The van der Waals surface area contributed by atoms with Gasteiger partial charge in [-0.15, -0.1) is 0 Å². The summed E-state index contributed by atoms with van der Waals surface area (Å²) in [7, 11) is -1.75. The fraction of sp³-hybridized carbons (Fsp3) is 0.900. The molecule has 0 aliphatic rings. The van der Waals surface area contributed by atoms with Gasteiger partial charge in [-0.2, -0.15) is 0 Å². The second-order valence-corrected chi connectivity index (χ2v) is 8.47. The second-order valence-electron chi connectivity index (χ2n) is 4.22. The zero-order valence-electron chi connectivity index (χ0n) is 9.67. The lowest BCUT2D eigenvalue weighted by atomic mass is 10.3. The molecule has 14 heavy (non-hydrogen) atoms. The van der Waals surface area contributed by atoms with Crippen molar-refractivity contribution in [1.29, 1.82) is 0 Å². The molecule has 0 radical (unpaired) electrons. The molecule has 0 aromatic heterocycles. The van der Waals surface area contributed by atoms with Crippen molar-refractivity contribution in [1.82, 2.24) is 0 Å². The molecule has 1 unspecified atom stereocenters. The van der Waals surface area contributed by atoms with E-state index in [1.54, 1.807) is 0 Å². The van der Waals surface area contributed by atoms with Crippen molar-refractivity contribution >= 4 is 14.3 Å². The smallest absolute Gasteiger partial charge is 0.331 e. The third-order valence-electron chi connectivity index (χ3n) is 2.24. The number of unbranched alkanes of at least 4 members (excludes halogenated alkanes) is 1. The van der Waals surface area contributed by atoms with Crippen molar-refractivity contribution in [2.45, 2.75) is 58.4 Å². The Bertz CT molecular complexity index is 180. The monoisotopic (exact) mass is 218 g/mol. The van der Waals surface area contributed by atoms with Crippen LogP contribution in [0.5, 0.6) is 0 Å². The molecule has 3 nitrogen and oxygen atoms in total. The molecular formula is C10H22O3Si. The van der Waals surface area contributed by atoms with E-state index in [0.717, 1.165) is 18.9 Å². The largest absolute Gasteiger partial charge is 0.479 e. The summed E-state index contributed by atoms with van der Waals surface area (Å²) in [6, 6.07) is 1.05. The fourth-order valence-electron chi connectivity index (χ4n) is 1.35. The predicted octanol–water partition coefficient (Wildman–Crippen LogP) is 2.87. The van der Waals surface area contributed by atoms with E-state index in [-0.39, 0.29) is 0 Å². The summed E-state index contributed by atoms with van der Waals surface area (Å²) in [5.41, 5.74) is 0. The van der Waals surface area contributed by atoms with Gasteiger partial charge in [-0.05, 0) is 25.6 Å². The summed E-state index contributed by atoms with van der Waals surface area (Å²) >= 11 is 0. The first-order valence-corrected chi connectivity index (χ1v) is 8.45. The SMILES string of the molecule is CCCC[Si](C)(C)OC(CC)C(=O)O. The van der Waals surface area contributed by atoms with Crippen LogP contribution in [0.1, 0.15) is 33.1 Å². The highest BCUT2D eigenvalue weighted by molar-refractivity contribution is 6.71. The van der Waals surface area contributed by atoms with E-state index < -0.39 is 20.4 Å². The van der Waals surface area contributed by atoms with E-state index in [1.807, 2.05) is 6.92 Å². The van der Waals surface area contributed by atoms with Crippen molar-refractivity contribution in [2.75, 3.05) is 0 Å². The molecular weight excluding hydrogens is 196 g/mol. The highest BCUT2D eigenvalue weighted by Crippen LogP contribution is 2.18. The summed E-state index contributed by atoms with van der Waals surface area (Å²) < 4.78 is 5.69. The minimum Gasteiger partial charge on any atom is -0.479 e. The van der Waals surface area contributed by atoms with Gasteiger partial charge in [-0.25, -0.2) is 4.79 Å². The first kappa shape index (κ1) is 13.6. The van der Waals surface area contributed by atoms with Gasteiger partial charge in [0.05, 0.1) is 0 Å². The first-order chi connectivity index (χ1) is 6.43. The van der Waals surface area contributed by atoms with E-state index in [9.17, 15) is 4.79 Å². The van der Waals surface area contributed by atoms with Crippen molar-refractivity contribution < 1.29 is 14.3 Å². The minimum atomic E-state index is -1.75. The van der Waals surface area contributed by atoms with Crippen LogP contribution < -0.4 is 0 Å². The maximum Gasteiger partial charge on any atom is 0.331 e. The average Bonchev–Trinajstić information content (AvgIpc) is 2.10. The van der Waals surface area contributed by atoms with Gasteiger partial charge >= 0.3 is 5.97 Å². The molecule has 0 saturated carbocycles. The number of carboxylic acids is 1. The fourth-order valence-corrected chi connectivity index (χ4v) is 3.72. The van der Waals surface area contributed by atoms with E-state index in [0.29, 0.717) is 6.42 Å². The van der Waals surface area contributed by atoms with Crippen LogP contribution in [-0.4, -0.2) is 25.5 Å². The van der Waals surface area contributed by atoms with E-state index in [1.165, 1.54) is 0 Å². The third-order valence-corrected chi connectivity index (χ3v) is 4.72. The van der Waals surface area contributed by atoms with Crippen LogP contribution in [0.4, 0.5) is 0 Å². The van der Waals surface area contributed by atoms with E-state index in [2.05, 4.69) is 20.0 Å². The number of rotatable bonds is 7. The Morgan fingerprint density at radius 3 is 2.36 bits per heavy atom. The van der Waals surface area contributed by atoms with Crippen LogP contribution in [0.3, 0.4) is 0 Å². The van der Waals surface area contributed by atoms with Crippen molar-refractivity contribution in [3.8, 4) is 0 Å². The minimum absolute atomic E-state index is 0.553. The number of hydrogen-bond acceptors (Lipinski definition) is 2. The topological polar surface area (TPSA) is 46.5 Å². The summed E-state index contributed by atoms with van der Waals surface area (Å²) in [6.07, 6.45) is 2.23. The van der Waals surface area contributed by atoms with Crippen molar-refractivity contribution in [3.05, 3.63) is 0 Å². The van der Waals surface area contributed by atoms with Crippen molar-refractivity contribution in [2.24, 2.45) is 0 Å². The molecule has 0 rings (SSSR count). The molecule has 0 aromatic rings. The Labute approximate surface area is 87.6 Å². The molecule has 4 heteroatoms. The van der Waals surface area contributed by atoms with Gasteiger partial charge in [0, 0.05) is 0 Å². The summed E-state index contributed by atoms with van der Waals surface area (Å²) in [5.74, 6) is -0.829. The van der Waals surface area contributed by atoms with Crippen LogP contribution in [0.15, 0.2) is 0 Å². The predicted molar refractivity (Wildman–Crippen MR) is 60.0 cm³/mol. The second kappa shape index (κ2) is 6.19. The van der Waals surface area contributed by atoms with Crippen LogP contribution in [-0.2, 0) is 9.22 Å². The average molecular weight is 218 g/mol. The molecule has 84 valence electrons. The summed E-state index contributed by atoms with van der Waals surface area (Å²) in [4.78, 5) is 10.8. The molecule has 0 heterocycles. The molecule has 0 saturated heterocycles. The molecule has 0 aliphatic heterocycles. The van der Waals surface area contributed by atoms with Gasteiger partial charge in [0.2, 0.25) is 0 Å². The standard InChI is InChI=1S/C10H22O3Si/c1-5-7-8-14(3,4)13-9(6-2)10(11)12/h9H,5-8H2,1-4H3,(H,11,12). The van der Waals surface area contributed by atoms with E-state index >= 15 is 0 Å².